The predicted octanol–water partition coefficient (Wildman–Crippen LogP) is 1.85. The Hall–Kier alpha value is -0.610. The number of nitrogens with zero attached hydrogens (tertiary/aromatic N) is 1. The highest BCUT2D eigenvalue weighted by molar-refractivity contribution is 7.13. The molecule has 0 radical (unpaired) electrons. The van der Waals surface area contributed by atoms with Crippen LogP contribution < -0.4 is 11.1 Å². The summed E-state index contributed by atoms with van der Waals surface area (Å²) in [5.41, 5.74) is 6.74. The first-order chi connectivity index (χ1) is 6.30. The summed E-state index contributed by atoms with van der Waals surface area (Å²) < 4.78 is 0. The van der Waals surface area contributed by atoms with Crippen LogP contribution in [0.2, 0.25) is 0 Å². The van der Waals surface area contributed by atoms with Crippen LogP contribution in [-0.4, -0.2) is 17.6 Å². The van der Waals surface area contributed by atoms with Gasteiger partial charge in [0.1, 0.15) is 0 Å². The van der Waals surface area contributed by atoms with Crippen molar-refractivity contribution in [3.63, 3.8) is 0 Å². The van der Waals surface area contributed by atoms with E-state index in [2.05, 4.69) is 29.5 Å². The van der Waals surface area contributed by atoms with Crippen LogP contribution in [0.4, 0.5) is 5.13 Å². The number of hydrogen-bond donors (Lipinski definition) is 2. The molecule has 0 spiro atoms. The molecule has 0 aliphatic heterocycles. The Bertz CT molecular complexity index is 243. The molecule has 0 amide bonds. The van der Waals surface area contributed by atoms with Gasteiger partial charge in [-0.15, -0.1) is 11.3 Å². The second-order valence-corrected chi connectivity index (χ2v) is 3.84. The SMILES string of the molecule is CCc1csc(NC(CC)CN)n1. The van der Waals surface area contributed by atoms with E-state index < -0.39 is 0 Å². The molecule has 0 fully saturated rings. The molecule has 1 rings (SSSR count). The largest absolute Gasteiger partial charge is 0.358 e. The van der Waals surface area contributed by atoms with Crippen molar-refractivity contribution < 1.29 is 0 Å². The van der Waals surface area contributed by atoms with Gasteiger partial charge in [0.2, 0.25) is 0 Å². The summed E-state index contributed by atoms with van der Waals surface area (Å²) >= 11 is 1.66. The van der Waals surface area contributed by atoms with Gasteiger partial charge in [-0.1, -0.05) is 13.8 Å². The van der Waals surface area contributed by atoms with Crippen LogP contribution in [0.3, 0.4) is 0 Å². The van der Waals surface area contributed by atoms with Crippen molar-refractivity contribution in [2.24, 2.45) is 5.73 Å². The summed E-state index contributed by atoms with van der Waals surface area (Å²) in [7, 11) is 0. The Balaban J connectivity index is 2.52. The first-order valence-corrected chi connectivity index (χ1v) is 5.59. The molecule has 0 aromatic carbocycles. The Morgan fingerprint density at radius 2 is 2.38 bits per heavy atom. The van der Waals surface area contributed by atoms with Crippen molar-refractivity contribution in [3.8, 4) is 0 Å². The molecule has 3 nitrogen and oxygen atoms in total. The van der Waals surface area contributed by atoms with Crippen LogP contribution in [0.5, 0.6) is 0 Å². The first kappa shape index (κ1) is 10.5. The zero-order valence-electron chi connectivity index (χ0n) is 8.21. The van der Waals surface area contributed by atoms with Crippen molar-refractivity contribution in [1.29, 1.82) is 0 Å². The minimum Gasteiger partial charge on any atom is -0.358 e. The zero-order valence-corrected chi connectivity index (χ0v) is 9.03. The maximum absolute atomic E-state index is 5.58. The normalized spacial score (nSPS) is 12.8. The number of aromatic nitrogens is 1. The van der Waals surface area contributed by atoms with E-state index in [1.807, 2.05) is 0 Å². The monoisotopic (exact) mass is 199 g/mol. The third-order valence-electron chi connectivity index (χ3n) is 2.02. The molecule has 0 aliphatic carbocycles. The molecule has 0 aliphatic rings. The second kappa shape index (κ2) is 5.19. The van der Waals surface area contributed by atoms with E-state index >= 15 is 0 Å². The molecule has 13 heavy (non-hydrogen) atoms. The van der Waals surface area contributed by atoms with E-state index in [1.165, 1.54) is 0 Å². The summed E-state index contributed by atoms with van der Waals surface area (Å²) in [6.07, 6.45) is 2.04. The van der Waals surface area contributed by atoms with Gasteiger partial charge in [-0.25, -0.2) is 4.98 Å². The van der Waals surface area contributed by atoms with E-state index in [1.54, 1.807) is 11.3 Å². The lowest BCUT2D eigenvalue weighted by molar-refractivity contribution is 0.702. The number of thiazole rings is 1. The van der Waals surface area contributed by atoms with Crippen LogP contribution in [0.1, 0.15) is 26.0 Å². The third kappa shape index (κ3) is 2.97. The smallest absolute Gasteiger partial charge is 0.183 e. The minimum absolute atomic E-state index is 0.357. The lowest BCUT2D eigenvalue weighted by Gasteiger charge is -2.12. The summed E-state index contributed by atoms with van der Waals surface area (Å²) in [4.78, 5) is 4.42. The summed E-state index contributed by atoms with van der Waals surface area (Å²) in [6.45, 7) is 4.90. The number of anilines is 1. The topological polar surface area (TPSA) is 50.9 Å². The zero-order chi connectivity index (χ0) is 9.68. The molecule has 4 heteroatoms. The third-order valence-corrected chi connectivity index (χ3v) is 2.84. The van der Waals surface area contributed by atoms with Crippen LogP contribution >= 0.6 is 11.3 Å². The second-order valence-electron chi connectivity index (χ2n) is 2.98. The highest BCUT2D eigenvalue weighted by Crippen LogP contribution is 2.16. The van der Waals surface area contributed by atoms with Crippen molar-refractivity contribution >= 4 is 16.5 Å². The Morgan fingerprint density at radius 3 is 2.85 bits per heavy atom. The van der Waals surface area contributed by atoms with Gasteiger partial charge >= 0.3 is 0 Å². The molecule has 0 saturated heterocycles. The van der Waals surface area contributed by atoms with Gasteiger partial charge < -0.3 is 11.1 Å². The predicted molar refractivity (Wildman–Crippen MR) is 58.2 cm³/mol. The molecule has 0 bridgehead atoms. The van der Waals surface area contributed by atoms with Crippen molar-refractivity contribution in [2.75, 3.05) is 11.9 Å². The van der Waals surface area contributed by atoms with Gasteiger partial charge in [0, 0.05) is 18.0 Å². The van der Waals surface area contributed by atoms with Gasteiger partial charge in [-0.3, -0.25) is 0 Å². The minimum atomic E-state index is 0.357. The average Bonchev–Trinajstić information content (AvgIpc) is 2.61. The van der Waals surface area contributed by atoms with E-state index in [9.17, 15) is 0 Å². The molecule has 1 unspecified atom stereocenters. The van der Waals surface area contributed by atoms with Crippen molar-refractivity contribution in [3.05, 3.63) is 11.1 Å². The molecule has 1 heterocycles. The Kier molecular flexibility index (Phi) is 4.18. The van der Waals surface area contributed by atoms with Gasteiger partial charge in [0.25, 0.3) is 0 Å². The molecule has 3 N–H and O–H groups in total. The van der Waals surface area contributed by atoms with Gasteiger partial charge in [-0.2, -0.15) is 0 Å². The standard InChI is InChI=1S/C9H17N3S/c1-3-7(5-10)11-9-12-8(4-2)6-13-9/h6-7H,3-5,10H2,1-2H3,(H,11,12). The van der Waals surface area contributed by atoms with Crippen LogP contribution in [0, 0.1) is 0 Å². The van der Waals surface area contributed by atoms with Crippen molar-refractivity contribution in [1.82, 2.24) is 4.98 Å². The summed E-state index contributed by atoms with van der Waals surface area (Å²) in [5.74, 6) is 0. The van der Waals surface area contributed by atoms with Gasteiger partial charge in [0.05, 0.1) is 5.69 Å². The molecular formula is C9H17N3S. The fourth-order valence-corrected chi connectivity index (χ4v) is 1.91. The molecule has 74 valence electrons. The quantitative estimate of drug-likeness (QED) is 0.761. The molecule has 1 atom stereocenters. The number of hydrogen-bond acceptors (Lipinski definition) is 4. The fraction of sp³-hybridized carbons (Fsp3) is 0.667. The highest BCUT2D eigenvalue weighted by Gasteiger charge is 2.05. The fourth-order valence-electron chi connectivity index (χ4n) is 1.04. The lowest BCUT2D eigenvalue weighted by Crippen LogP contribution is -2.27. The summed E-state index contributed by atoms with van der Waals surface area (Å²) in [6, 6.07) is 0.357. The van der Waals surface area contributed by atoms with Crippen LogP contribution in [0.15, 0.2) is 5.38 Å². The van der Waals surface area contributed by atoms with E-state index in [4.69, 9.17) is 5.73 Å². The molecule has 0 saturated carbocycles. The number of aryl methyl sites for hydroxylation is 1. The van der Waals surface area contributed by atoms with Crippen LogP contribution in [-0.2, 0) is 6.42 Å². The highest BCUT2D eigenvalue weighted by atomic mass is 32.1. The Labute approximate surface area is 83.4 Å². The summed E-state index contributed by atoms with van der Waals surface area (Å²) in [5, 5.41) is 6.40. The van der Waals surface area contributed by atoms with E-state index in [0.29, 0.717) is 12.6 Å². The molecule has 1 aromatic rings. The number of nitrogens with two attached hydrogens (primary N) is 1. The first-order valence-electron chi connectivity index (χ1n) is 4.71. The van der Waals surface area contributed by atoms with Crippen molar-refractivity contribution in [2.45, 2.75) is 32.7 Å². The van der Waals surface area contributed by atoms with Crippen LogP contribution in [0.25, 0.3) is 0 Å². The van der Waals surface area contributed by atoms with E-state index in [0.717, 1.165) is 23.7 Å². The van der Waals surface area contributed by atoms with Gasteiger partial charge in [0.15, 0.2) is 5.13 Å². The Morgan fingerprint density at radius 1 is 1.62 bits per heavy atom. The maximum Gasteiger partial charge on any atom is 0.183 e. The maximum atomic E-state index is 5.58. The molecular weight excluding hydrogens is 182 g/mol. The average molecular weight is 199 g/mol. The van der Waals surface area contributed by atoms with Gasteiger partial charge in [-0.05, 0) is 12.8 Å². The molecule has 1 aromatic heterocycles. The lowest BCUT2D eigenvalue weighted by atomic mass is 10.2. The number of rotatable bonds is 5. The number of nitrogens with one attached hydrogen (secondary N) is 1. The van der Waals surface area contributed by atoms with E-state index in [-0.39, 0.29) is 0 Å².